The van der Waals surface area contributed by atoms with Gasteiger partial charge < -0.3 is 5.73 Å². The predicted octanol–water partition coefficient (Wildman–Crippen LogP) is 3.25. The Hall–Kier alpha value is -0.470. The zero-order valence-electron chi connectivity index (χ0n) is 9.44. The van der Waals surface area contributed by atoms with Crippen LogP contribution in [-0.4, -0.2) is 11.8 Å². The van der Waals surface area contributed by atoms with E-state index >= 15 is 0 Å². The van der Waals surface area contributed by atoms with Gasteiger partial charge in [-0.15, -0.1) is 11.8 Å². The van der Waals surface area contributed by atoms with Gasteiger partial charge >= 0.3 is 0 Å². The number of nitrogens with two attached hydrogens (primary N) is 1. The summed E-state index contributed by atoms with van der Waals surface area (Å²) >= 11 is 1.95. The topological polar surface area (TPSA) is 26.0 Å². The van der Waals surface area contributed by atoms with Gasteiger partial charge in [0.2, 0.25) is 0 Å². The van der Waals surface area contributed by atoms with Crippen LogP contribution in [0.4, 0.5) is 0 Å². The van der Waals surface area contributed by atoms with E-state index in [9.17, 15) is 0 Å². The fraction of sp³-hybridized carbons (Fsp3) is 0.538. The molecule has 0 radical (unpaired) electrons. The first-order chi connectivity index (χ1) is 7.18. The smallest absolute Gasteiger partial charge is 0.0119 e. The van der Waals surface area contributed by atoms with Crippen molar-refractivity contribution in [2.45, 2.75) is 37.1 Å². The molecule has 0 spiro atoms. The van der Waals surface area contributed by atoms with E-state index in [1.807, 2.05) is 11.8 Å². The second-order valence-electron chi connectivity index (χ2n) is 4.75. The number of benzene rings is 1. The second-order valence-corrected chi connectivity index (χ2v) is 5.81. The van der Waals surface area contributed by atoms with Crippen molar-refractivity contribution in [3.63, 3.8) is 0 Å². The maximum Gasteiger partial charge on any atom is 0.0119 e. The molecule has 0 bridgehead atoms. The van der Waals surface area contributed by atoms with E-state index in [0.29, 0.717) is 17.9 Å². The summed E-state index contributed by atoms with van der Waals surface area (Å²) < 4.78 is 0. The van der Waals surface area contributed by atoms with Crippen LogP contribution >= 0.6 is 11.8 Å². The Bertz CT molecular complexity index is 335. The highest BCUT2D eigenvalue weighted by molar-refractivity contribution is 7.99. The highest BCUT2D eigenvalue weighted by atomic mass is 32.2. The van der Waals surface area contributed by atoms with Crippen LogP contribution in [0.2, 0.25) is 0 Å². The molecule has 1 aliphatic heterocycles. The Kier molecular flexibility index (Phi) is 3.37. The third-order valence-corrected chi connectivity index (χ3v) is 4.21. The van der Waals surface area contributed by atoms with Gasteiger partial charge in [-0.25, -0.2) is 0 Å². The summed E-state index contributed by atoms with van der Waals surface area (Å²) in [6.07, 6.45) is 1.12. The Labute approximate surface area is 96.4 Å². The van der Waals surface area contributed by atoms with Crippen LogP contribution in [-0.2, 0) is 0 Å². The number of fused-ring (bicyclic) bond motifs is 1. The van der Waals surface area contributed by atoms with Gasteiger partial charge in [-0.05, 0) is 24.0 Å². The zero-order chi connectivity index (χ0) is 10.8. The number of thioether (sulfide) groups is 1. The molecule has 0 saturated carbocycles. The summed E-state index contributed by atoms with van der Waals surface area (Å²) in [4.78, 5) is 1.43. The molecule has 0 saturated heterocycles. The molecule has 1 aliphatic rings. The average molecular weight is 221 g/mol. The molecule has 2 unspecified atom stereocenters. The first-order valence-corrected chi connectivity index (χ1v) is 6.64. The number of rotatable bonds is 3. The van der Waals surface area contributed by atoms with Crippen molar-refractivity contribution < 1.29 is 0 Å². The molecule has 2 atom stereocenters. The van der Waals surface area contributed by atoms with Gasteiger partial charge in [-0.3, -0.25) is 0 Å². The Morgan fingerprint density at radius 2 is 2.13 bits per heavy atom. The maximum atomic E-state index is 6.28. The molecule has 2 N–H and O–H groups in total. The third kappa shape index (κ3) is 2.37. The molecule has 1 heterocycles. The molecule has 2 rings (SSSR count). The lowest BCUT2D eigenvalue weighted by Gasteiger charge is -2.21. The van der Waals surface area contributed by atoms with E-state index in [-0.39, 0.29) is 0 Å². The van der Waals surface area contributed by atoms with Gasteiger partial charge in [-0.1, -0.05) is 32.0 Å². The minimum atomic E-state index is 0.321. The van der Waals surface area contributed by atoms with Crippen LogP contribution in [0.25, 0.3) is 0 Å². The van der Waals surface area contributed by atoms with Gasteiger partial charge in [0, 0.05) is 22.6 Å². The summed E-state index contributed by atoms with van der Waals surface area (Å²) in [5.41, 5.74) is 7.75. The van der Waals surface area contributed by atoms with Crippen molar-refractivity contribution in [3.05, 3.63) is 29.8 Å². The Morgan fingerprint density at radius 1 is 1.40 bits per heavy atom. The predicted molar refractivity (Wildman–Crippen MR) is 67.3 cm³/mol. The van der Waals surface area contributed by atoms with E-state index < -0.39 is 0 Å². The molecule has 0 aromatic heterocycles. The van der Waals surface area contributed by atoms with Gasteiger partial charge in [-0.2, -0.15) is 0 Å². The fourth-order valence-corrected chi connectivity index (χ4v) is 3.60. The SMILES string of the molecule is CC(C)CC(N)C1CSc2ccccc21. The second kappa shape index (κ2) is 4.58. The minimum absolute atomic E-state index is 0.321. The zero-order valence-corrected chi connectivity index (χ0v) is 10.3. The van der Waals surface area contributed by atoms with E-state index in [1.54, 1.807) is 0 Å². The molecule has 1 aromatic carbocycles. The molecule has 1 nitrogen and oxygen atoms in total. The van der Waals surface area contributed by atoms with Gasteiger partial charge in [0.05, 0.1) is 0 Å². The largest absolute Gasteiger partial charge is 0.327 e. The van der Waals surface area contributed by atoms with Crippen molar-refractivity contribution in [1.29, 1.82) is 0 Å². The minimum Gasteiger partial charge on any atom is -0.327 e. The molecule has 0 amide bonds. The molecule has 15 heavy (non-hydrogen) atoms. The third-order valence-electron chi connectivity index (χ3n) is 3.00. The van der Waals surface area contributed by atoms with Crippen molar-refractivity contribution in [3.8, 4) is 0 Å². The molecule has 2 heteroatoms. The number of hydrogen-bond acceptors (Lipinski definition) is 2. The lowest BCUT2D eigenvalue weighted by molar-refractivity contribution is 0.453. The first kappa shape index (κ1) is 11.0. The lowest BCUT2D eigenvalue weighted by atomic mass is 9.89. The summed E-state index contributed by atoms with van der Waals surface area (Å²) in [7, 11) is 0. The molecule has 0 fully saturated rings. The maximum absolute atomic E-state index is 6.28. The van der Waals surface area contributed by atoms with E-state index in [2.05, 4.69) is 38.1 Å². The molecular formula is C13H19NS. The number of hydrogen-bond donors (Lipinski definition) is 1. The molecule has 82 valence electrons. The quantitative estimate of drug-likeness (QED) is 0.848. The monoisotopic (exact) mass is 221 g/mol. The molecule has 0 aliphatic carbocycles. The summed E-state index contributed by atoms with van der Waals surface area (Å²) in [5, 5.41) is 0. The van der Waals surface area contributed by atoms with Crippen LogP contribution < -0.4 is 5.73 Å². The summed E-state index contributed by atoms with van der Waals surface area (Å²) in [5.74, 6) is 2.42. The van der Waals surface area contributed by atoms with Crippen molar-refractivity contribution >= 4 is 11.8 Å². The highest BCUT2D eigenvalue weighted by Crippen LogP contribution is 2.41. The normalized spacial score (nSPS) is 21.7. The molecule has 1 aromatic rings. The van der Waals surface area contributed by atoms with Crippen LogP contribution in [0.15, 0.2) is 29.2 Å². The van der Waals surface area contributed by atoms with Crippen LogP contribution in [0.3, 0.4) is 0 Å². The lowest BCUT2D eigenvalue weighted by Crippen LogP contribution is -2.30. The van der Waals surface area contributed by atoms with Gasteiger partial charge in [0.1, 0.15) is 0 Å². The van der Waals surface area contributed by atoms with Crippen LogP contribution in [0.1, 0.15) is 31.7 Å². The standard InChI is InChI=1S/C13H19NS/c1-9(2)7-12(14)11-8-15-13-6-4-3-5-10(11)13/h3-6,9,11-12H,7-8,14H2,1-2H3. The summed E-state index contributed by atoms with van der Waals surface area (Å²) in [6, 6.07) is 9.01. The van der Waals surface area contributed by atoms with E-state index in [4.69, 9.17) is 5.73 Å². The van der Waals surface area contributed by atoms with E-state index in [0.717, 1.165) is 12.2 Å². The fourth-order valence-electron chi connectivity index (χ4n) is 2.25. The highest BCUT2D eigenvalue weighted by Gasteiger charge is 2.28. The Morgan fingerprint density at radius 3 is 2.87 bits per heavy atom. The van der Waals surface area contributed by atoms with E-state index in [1.165, 1.54) is 10.5 Å². The average Bonchev–Trinajstić information content (AvgIpc) is 2.59. The first-order valence-electron chi connectivity index (χ1n) is 5.65. The van der Waals surface area contributed by atoms with Crippen molar-refractivity contribution in [2.24, 2.45) is 11.7 Å². The Balaban J connectivity index is 2.13. The van der Waals surface area contributed by atoms with Crippen LogP contribution in [0.5, 0.6) is 0 Å². The molecular weight excluding hydrogens is 202 g/mol. The van der Waals surface area contributed by atoms with Crippen LogP contribution in [0, 0.1) is 5.92 Å². The summed E-state index contributed by atoms with van der Waals surface area (Å²) in [6.45, 7) is 4.49. The van der Waals surface area contributed by atoms with Crippen molar-refractivity contribution in [2.75, 3.05) is 5.75 Å². The van der Waals surface area contributed by atoms with Gasteiger partial charge in [0.15, 0.2) is 0 Å². The van der Waals surface area contributed by atoms with Gasteiger partial charge in [0.25, 0.3) is 0 Å². The van der Waals surface area contributed by atoms with Crippen molar-refractivity contribution in [1.82, 2.24) is 0 Å².